The van der Waals surface area contributed by atoms with Crippen LogP contribution in [0.5, 0.6) is 0 Å². The van der Waals surface area contributed by atoms with Gasteiger partial charge in [0.2, 0.25) is 0 Å². The maximum atomic E-state index is 11.7. The minimum absolute atomic E-state index is 0.0766. The molecule has 20 heavy (non-hydrogen) atoms. The van der Waals surface area contributed by atoms with E-state index in [1.165, 1.54) is 25.8 Å². The van der Waals surface area contributed by atoms with Crippen LogP contribution in [0.2, 0.25) is 0 Å². The molecular formula is C15H29N3O2. The molecule has 1 saturated heterocycles. The topological polar surface area (TPSA) is 64.6 Å². The zero-order chi connectivity index (χ0) is 14.5. The van der Waals surface area contributed by atoms with Crippen molar-refractivity contribution in [3.05, 3.63) is 0 Å². The molecule has 0 aromatic carbocycles. The molecule has 2 rings (SSSR count). The Morgan fingerprint density at radius 3 is 2.70 bits per heavy atom. The molecule has 1 aliphatic carbocycles. The van der Waals surface area contributed by atoms with E-state index in [1.54, 1.807) is 6.92 Å². The van der Waals surface area contributed by atoms with E-state index in [0.29, 0.717) is 18.4 Å². The van der Waals surface area contributed by atoms with Gasteiger partial charge in [0, 0.05) is 25.7 Å². The van der Waals surface area contributed by atoms with Crippen LogP contribution in [0.1, 0.15) is 39.5 Å². The first-order valence-corrected chi connectivity index (χ1v) is 7.98. The first-order chi connectivity index (χ1) is 9.54. The lowest BCUT2D eigenvalue weighted by Gasteiger charge is -2.17. The number of rotatable bonds is 7. The Kier molecular flexibility index (Phi) is 5.66. The maximum Gasteiger partial charge on any atom is 0.314 e. The van der Waals surface area contributed by atoms with Gasteiger partial charge in [-0.2, -0.15) is 0 Å². The lowest BCUT2D eigenvalue weighted by atomic mass is 10.1. The smallest absolute Gasteiger partial charge is 0.314 e. The number of carbonyl (C=O) groups excluding carboxylic acids is 1. The van der Waals surface area contributed by atoms with Gasteiger partial charge in [0.15, 0.2) is 0 Å². The average molecular weight is 283 g/mol. The zero-order valence-corrected chi connectivity index (χ0v) is 12.8. The predicted octanol–water partition coefficient (Wildman–Crippen LogP) is 1.18. The van der Waals surface area contributed by atoms with Crippen molar-refractivity contribution in [2.24, 2.45) is 11.8 Å². The highest BCUT2D eigenvalue weighted by Gasteiger charge is 2.34. The second kappa shape index (κ2) is 7.27. The number of amides is 2. The molecule has 3 unspecified atom stereocenters. The standard InChI is InChI=1S/C15H29N3O2/c1-11(7-12(2)19)8-16-15(20)17-9-13-5-6-18(10-13)14-3-4-14/h11-14,19H,3-10H2,1-2H3,(H2,16,17,20). The van der Waals surface area contributed by atoms with Crippen LogP contribution in [0.4, 0.5) is 4.79 Å². The molecule has 0 aromatic heterocycles. The number of aliphatic hydroxyl groups is 1. The van der Waals surface area contributed by atoms with E-state index in [4.69, 9.17) is 0 Å². The van der Waals surface area contributed by atoms with Crippen LogP contribution < -0.4 is 10.6 Å². The Morgan fingerprint density at radius 2 is 2.05 bits per heavy atom. The largest absolute Gasteiger partial charge is 0.393 e. The van der Waals surface area contributed by atoms with Gasteiger partial charge in [-0.3, -0.25) is 0 Å². The lowest BCUT2D eigenvalue weighted by Crippen LogP contribution is -2.40. The number of carbonyl (C=O) groups is 1. The summed E-state index contributed by atoms with van der Waals surface area (Å²) < 4.78 is 0. The average Bonchev–Trinajstić information content (AvgIpc) is 3.13. The van der Waals surface area contributed by atoms with Crippen molar-refractivity contribution in [3.63, 3.8) is 0 Å². The number of aliphatic hydroxyl groups excluding tert-OH is 1. The molecule has 0 bridgehead atoms. The summed E-state index contributed by atoms with van der Waals surface area (Å²) in [4.78, 5) is 14.3. The van der Waals surface area contributed by atoms with Crippen molar-refractivity contribution >= 4 is 6.03 Å². The summed E-state index contributed by atoms with van der Waals surface area (Å²) in [6, 6.07) is 0.766. The van der Waals surface area contributed by atoms with Gasteiger partial charge < -0.3 is 20.6 Å². The molecule has 0 aromatic rings. The first kappa shape index (κ1) is 15.6. The van der Waals surface area contributed by atoms with Gasteiger partial charge in [-0.15, -0.1) is 0 Å². The van der Waals surface area contributed by atoms with Gasteiger partial charge >= 0.3 is 6.03 Å². The molecule has 0 radical (unpaired) electrons. The van der Waals surface area contributed by atoms with Crippen molar-refractivity contribution in [2.75, 3.05) is 26.2 Å². The second-order valence-corrected chi connectivity index (χ2v) is 6.66. The second-order valence-electron chi connectivity index (χ2n) is 6.66. The van der Waals surface area contributed by atoms with E-state index < -0.39 is 0 Å². The van der Waals surface area contributed by atoms with Gasteiger partial charge in [-0.25, -0.2) is 4.79 Å². The molecule has 3 N–H and O–H groups in total. The SMILES string of the molecule is CC(O)CC(C)CNC(=O)NCC1CCN(C2CC2)C1. The number of likely N-dealkylation sites (tertiary alicyclic amines) is 1. The van der Waals surface area contributed by atoms with Crippen LogP contribution in [0.25, 0.3) is 0 Å². The Hall–Kier alpha value is -0.810. The van der Waals surface area contributed by atoms with E-state index >= 15 is 0 Å². The van der Waals surface area contributed by atoms with Gasteiger partial charge in [0.1, 0.15) is 0 Å². The monoisotopic (exact) mass is 283 g/mol. The van der Waals surface area contributed by atoms with E-state index in [1.807, 2.05) is 6.92 Å². The fourth-order valence-electron chi connectivity index (χ4n) is 3.03. The molecule has 2 amide bonds. The molecule has 1 heterocycles. The van der Waals surface area contributed by atoms with Crippen LogP contribution in [-0.2, 0) is 0 Å². The predicted molar refractivity (Wildman–Crippen MR) is 79.6 cm³/mol. The van der Waals surface area contributed by atoms with Gasteiger partial charge in [0.05, 0.1) is 6.10 Å². The van der Waals surface area contributed by atoms with E-state index in [-0.39, 0.29) is 12.1 Å². The van der Waals surface area contributed by atoms with Crippen LogP contribution in [0, 0.1) is 11.8 Å². The third kappa shape index (κ3) is 5.29. The van der Waals surface area contributed by atoms with Gasteiger partial charge in [-0.05, 0) is 51.0 Å². The Bertz CT molecular complexity index is 318. The molecule has 5 nitrogen and oxygen atoms in total. The Labute approximate surface area is 122 Å². The normalized spacial score (nSPS) is 26.2. The molecule has 1 aliphatic heterocycles. The number of nitrogens with one attached hydrogen (secondary N) is 2. The van der Waals surface area contributed by atoms with E-state index in [0.717, 1.165) is 25.6 Å². The number of hydrogen-bond acceptors (Lipinski definition) is 3. The summed E-state index contributed by atoms with van der Waals surface area (Å²) in [5, 5.41) is 15.1. The summed E-state index contributed by atoms with van der Waals surface area (Å²) >= 11 is 0. The number of nitrogens with zero attached hydrogens (tertiary/aromatic N) is 1. The summed E-state index contributed by atoms with van der Waals surface area (Å²) in [5.74, 6) is 0.911. The lowest BCUT2D eigenvalue weighted by molar-refractivity contribution is 0.163. The summed E-state index contributed by atoms with van der Waals surface area (Å²) in [6.45, 7) is 7.56. The first-order valence-electron chi connectivity index (χ1n) is 7.98. The van der Waals surface area contributed by atoms with Crippen LogP contribution in [0.15, 0.2) is 0 Å². The summed E-state index contributed by atoms with van der Waals surface area (Å²) in [7, 11) is 0. The minimum Gasteiger partial charge on any atom is -0.393 e. The van der Waals surface area contributed by atoms with Gasteiger partial charge in [-0.1, -0.05) is 6.92 Å². The molecule has 116 valence electrons. The molecule has 3 atom stereocenters. The fourth-order valence-corrected chi connectivity index (χ4v) is 3.03. The summed E-state index contributed by atoms with van der Waals surface area (Å²) in [5.41, 5.74) is 0. The molecule has 0 spiro atoms. The van der Waals surface area contributed by atoms with Crippen molar-refractivity contribution in [1.29, 1.82) is 0 Å². The van der Waals surface area contributed by atoms with Crippen molar-refractivity contribution in [1.82, 2.24) is 15.5 Å². The highest BCUT2D eigenvalue weighted by molar-refractivity contribution is 5.73. The molecule has 1 saturated carbocycles. The van der Waals surface area contributed by atoms with E-state index in [9.17, 15) is 9.90 Å². The van der Waals surface area contributed by atoms with Crippen LogP contribution in [-0.4, -0.2) is 54.4 Å². The van der Waals surface area contributed by atoms with Crippen LogP contribution in [0.3, 0.4) is 0 Å². The summed E-state index contributed by atoms with van der Waals surface area (Å²) in [6.07, 6.45) is 4.35. The highest BCUT2D eigenvalue weighted by Crippen LogP contribution is 2.31. The third-order valence-electron chi connectivity index (χ3n) is 4.29. The molecular weight excluding hydrogens is 254 g/mol. The number of urea groups is 1. The Balaban J connectivity index is 1.53. The van der Waals surface area contributed by atoms with Crippen LogP contribution >= 0.6 is 0 Å². The Morgan fingerprint density at radius 1 is 1.30 bits per heavy atom. The van der Waals surface area contributed by atoms with E-state index in [2.05, 4.69) is 15.5 Å². The molecule has 2 aliphatic rings. The highest BCUT2D eigenvalue weighted by atomic mass is 16.3. The van der Waals surface area contributed by atoms with Crippen molar-refractivity contribution in [2.45, 2.75) is 51.7 Å². The third-order valence-corrected chi connectivity index (χ3v) is 4.29. The fraction of sp³-hybridized carbons (Fsp3) is 0.933. The van der Waals surface area contributed by atoms with Crippen molar-refractivity contribution in [3.8, 4) is 0 Å². The van der Waals surface area contributed by atoms with Gasteiger partial charge in [0.25, 0.3) is 0 Å². The minimum atomic E-state index is -0.304. The zero-order valence-electron chi connectivity index (χ0n) is 12.8. The van der Waals surface area contributed by atoms with Crippen molar-refractivity contribution < 1.29 is 9.90 Å². The quantitative estimate of drug-likeness (QED) is 0.657. The molecule has 5 heteroatoms. The number of hydrogen-bond donors (Lipinski definition) is 3. The molecule has 2 fully saturated rings. The maximum absolute atomic E-state index is 11.7.